The third-order valence-corrected chi connectivity index (χ3v) is 11.1. The zero-order valence-electron chi connectivity index (χ0n) is 28.5. The maximum Gasteiger partial charge on any atom is 0.313 e. The molecule has 3 aliphatic rings. The number of alkyl halides is 1. The molecular formula is C38H45BrClN3O7. The van der Waals surface area contributed by atoms with Crippen LogP contribution >= 0.6 is 27.5 Å². The molecule has 5 rings (SSSR count). The summed E-state index contributed by atoms with van der Waals surface area (Å²) in [5, 5.41) is 14.1. The van der Waals surface area contributed by atoms with Gasteiger partial charge in [0.05, 0.1) is 36.6 Å². The molecule has 0 aliphatic carbocycles. The zero-order chi connectivity index (χ0) is 36.3. The molecule has 10 nitrogen and oxygen atoms in total. The van der Waals surface area contributed by atoms with Gasteiger partial charge < -0.3 is 29.7 Å². The van der Waals surface area contributed by atoms with Gasteiger partial charge in [-0.05, 0) is 55.5 Å². The lowest BCUT2D eigenvalue weighted by Gasteiger charge is -2.40. The minimum absolute atomic E-state index is 0.132. The van der Waals surface area contributed by atoms with E-state index in [1.807, 2.05) is 44.2 Å². The zero-order valence-corrected chi connectivity index (χ0v) is 30.9. The first-order valence-electron chi connectivity index (χ1n) is 17.0. The highest BCUT2D eigenvalue weighted by atomic mass is 79.9. The molecule has 3 aliphatic heterocycles. The maximum atomic E-state index is 14.9. The van der Waals surface area contributed by atoms with Crippen LogP contribution in [0.15, 0.2) is 79.9 Å². The number of nitrogens with zero attached hydrogens (tertiary/aromatic N) is 2. The van der Waals surface area contributed by atoms with Crippen molar-refractivity contribution in [3.05, 3.63) is 90.5 Å². The molecule has 3 saturated heterocycles. The van der Waals surface area contributed by atoms with Crippen LogP contribution in [0.1, 0.15) is 51.7 Å². The Hall–Kier alpha value is -3.51. The highest BCUT2D eigenvalue weighted by Gasteiger charge is 2.77. The van der Waals surface area contributed by atoms with Gasteiger partial charge in [-0.15, -0.1) is 13.2 Å². The Morgan fingerprint density at radius 1 is 1.14 bits per heavy atom. The number of likely N-dealkylation sites (tertiary alicyclic amines) is 1. The Morgan fingerprint density at radius 2 is 1.82 bits per heavy atom. The second kappa shape index (κ2) is 15.8. The Kier molecular flexibility index (Phi) is 11.9. The molecule has 9 atom stereocenters. The molecule has 3 heterocycles. The number of rotatable bonds is 15. The summed E-state index contributed by atoms with van der Waals surface area (Å²) in [7, 11) is 0. The third-order valence-electron chi connectivity index (χ3n) is 10.1. The Labute approximate surface area is 306 Å². The summed E-state index contributed by atoms with van der Waals surface area (Å²) in [4.78, 5) is 59.4. The van der Waals surface area contributed by atoms with Crippen molar-refractivity contribution in [1.29, 1.82) is 0 Å². The molecule has 2 aromatic rings. The fourth-order valence-electron chi connectivity index (χ4n) is 7.75. The van der Waals surface area contributed by atoms with Crippen LogP contribution in [0.4, 0.5) is 5.69 Å². The number of aliphatic hydroxyl groups excluding tert-OH is 1. The number of esters is 1. The van der Waals surface area contributed by atoms with Gasteiger partial charge in [-0.2, -0.15) is 0 Å². The summed E-state index contributed by atoms with van der Waals surface area (Å²) in [6, 6.07) is 13.4. The molecule has 2 N–H and O–H groups in total. The van der Waals surface area contributed by atoms with Gasteiger partial charge in [-0.25, -0.2) is 0 Å². The summed E-state index contributed by atoms with van der Waals surface area (Å²) in [5.74, 6) is -4.10. The predicted octanol–water partition coefficient (Wildman–Crippen LogP) is 5.38. The van der Waals surface area contributed by atoms with Crippen molar-refractivity contribution in [2.75, 3.05) is 18.1 Å². The monoisotopic (exact) mass is 769 g/mol. The molecule has 2 aromatic carbocycles. The quantitative estimate of drug-likeness (QED) is 0.142. The van der Waals surface area contributed by atoms with Crippen LogP contribution in [0.2, 0.25) is 5.02 Å². The van der Waals surface area contributed by atoms with Gasteiger partial charge in [0.25, 0.3) is 5.91 Å². The number of hydrogen-bond donors (Lipinski definition) is 2. The van der Waals surface area contributed by atoms with Crippen molar-refractivity contribution in [3.8, 4) is 0 Å². The molecule has 1 spiro atoms. The molecule has 2 bridgehead atoms. The third kappa shape index (κ3) is 7.02. The van der Waals surface area contributed by atoms with Crippen LogP contribution in [-0.2, 0) is 28.7 Å². The van der Waals surface area contributed by atoms with Gasteiger partial charge in [0.15, 0.2) is 0 Å². The van der Waals surface area contributed by atoms with E-state index in [9.17, 15) is 24.3 Å². The van der Waals surface area contributed by atoms with Crippen LogP contribution in [-0.4, -0.2) is 81.5 Å². The molecular weight excluding hydrogens is 726 g/mol. The van der Waals surface area contributed by atoms with Gasteiger partial charge >= 0.3 is 5.97 Å². The summed E-state index contributed by atoms with van der Waals surface area (Å²) < 4.78 is 13.0. The number of benzene rings is 2. The Bertz CT molecular complexity index is 1590. The number of amides is 3. The van der Waals surface area contributed by atoms with Crippen molar-refractivity contribution in [2.45, 2.75) is 80.8 Å². The number of fused-ring (bicyclic) bond motifs is 1. The first-order chi connectivity index (χ1) is 23.9. The Balaban J connectivity index is 1.54. The number of anilines is 1. The first-order valence-corrected chi connectivity index (χ1v) is 18.3. The SMILES string of the molecule is C=CCCC(=O)N[C@H](C)[C@@H](OC(=O)[C@@H]1[C@H]2O[C@@]3(CC2Br)[C@H](C(=O)N(CC=C)c2ccc(Cl)cc2)N([C@@H](CO)C(C)C)C(=O)[C@@H]13)c1ccccc1. The standard InChI is InChI=1S/C38H45BrClN3O7/c1-6-8-14-29(45)41-23(5)32(24-12-10-9-11-13-24)49-37(48)30-31-35(46)43(28(21-44)22(3)4)34(38(31)20-27(39)33(30)50-38)36(47)42(19-7-2)26-17-15-25(40)16-18-26/h6-7,9-13,15-18,22-23,27-28,30-34,44H,1-2,8,14,19-21H2,3-5H3,(H,41,45)/t23-,27?,28+,30+,31-,32-,33+,34+,38-/m1/s1. The lowest BCUT2D eigenvalue weighted by molar-refractivity contribution is -0.162. The second-order valence-electron chi connectivity index (χ2n) is 13.6. The van der Waals surface area contributed by atoms with Crippen molar-refractivity contribution >= 4 is 56.9 Å². The lowest BCUT2D eigenvalue weighted by atomic mass is 9.70. The van der Waals surface area contributed by atoms with E-state index in [1.54, 1.807) is 43.3 Å². The van der Waals surface area contributed by atoms with Crippen LogP contribution in [0.25, 0.3) is 0 Å². The summed E-state index contributed by atoms with van der Waals surface area (Å²) in [5.41, 5.74) is -0.176. The average molecular weight is 771 g/mol. The molecule has 3 amide bonds. The number of halogens is 2. The first kappa shape index (κ1) is 37.7. The predicted molar refractivity (Wildman–Crippen MR) is 195 cm³/mol. The number of carbonyl (C=O) groups excluding carboxylic acids is 4. The van der Waals surface area contributed by atoms with Crippen molar-refractivity contribution < 1.29 is 33.8 Å². The number of allylic oxidation sites excluding steroid dienone is 1. The average Bonchev–Trinajstić information content (AvgIpc) is 3.69. The van der Waals surface area contributed by atoms with E-state index >= 15 is 0 Å². The highest BCUT2D eigenvalue weighted by Crippen LogP contribution is 2.61. The molecule has 3 fully saturated rings. The number of ether oxygens (including phenoxy) is 2. The number of carbonyl (C=O) groups is 4. The van der Waals surface area contributed by atoms with E-state index in [4.69, 9.17) is 21.1 Å². The molecule has 50 heavy (non-hydrogen) atoms. The van der Waals surface area contributed by atoms with Gasteiger partial charge in [0, 0.05) is 28.5 Å². The number of nitrogens with one attached hydrogen (secondary N) is 1. The van der Waals surface area contributed by atoms with Crippen LogP contribution in [0, 0.1) is 17.8 Å². The maximum absolute atomic E-state index is 14.9. The fraction of sp³-hybridized carbons (Fsp3) is 0.474. The summed E-state index contributed by atoms with van der Waals surface area (Å²) in [6.45, 7) is 12.8. The summed E-state index contributed by atoms with van der Waals surface area (Å²) in [6.07, 6.45) is 2.62. The second-order valence-corrected chi connectivity index (χ2v) is 15.2. The van der Waals surface area contributed by atoms with Crippen molar-refractivity contribution in [1.82, 2.24) is 10.2 Å². The van der Waals surface area contributed by atoms with Gasteiger partial charge in [0.1, 0.15) is 17.7 Å². The number of aliphatic hydroxyl groups is 1. The van der Waals surface area contributed by atoms with Crippen LogP contribution < -0.4 is 10.2 Å². The topological polar surface area (TPSA) is 125 Å². The largest absolute Gasteiger partial charge is 0.455 e. The lowest BCUT2D eigenvalue weighted by Crippen LogP contribution is -2.60. The fourth-order valence-corrected chi connectivity index (χ4v) is 8.82. The minimum Gasteiger partial charge on any atom is -0.455 e. The van der Waals surface area contributed by atoms with Gasteiger partial charge in [-0.3, -0.25) is 19.2 Å². The molecule has 12 heteroatoms. The van der Waals surface area contributed by atoms with Crippen LogP contribution in [0.3, 0.4) is 0 Å². The molecule has 0 radical (unpaired) electrons. The van der Waals surface area contributed by atoms with E-state index in [2.05, 4.69) is 34.4 Å². The molecule has 0 saturated carbocycles. The minimum atomic E-state index is -1.39. The molecule has 0 aromatic heterocycles. The van der Waals surface area contributed by atoms with Gasteiger partial charge in [0.2, 0.25) is 11.8 Å². The van der Waals surface area contributed by atoms with E-state index in [0.29, 0.717) is 22.7 Å². The normalized spacial score (nSPS) is 27.0. The van der Waals surface area contributed by atoms with E-state index < -0.39 is 72.2 Å². The molecule has 1 unspecified atom stereocenters. The summed E-state index contributed by atoms with van der Waals surface area (Å²) >= 11 is 9.88. The molecule has 268 valence electrons. The van der Waals surface area contributed by atoms with E-state index in [0.717, 1.165) is 0 Å². The van der Waals surface area contributed by atoms with E-state index in [1.165, 1.54) is 9.80 Å². The van der Waals surface area contributed by atoms with Gasteiger partial charge in [-0.1, -0.05) is 83.9 Å². The van der Waals surface area contributed by atoms with E-state index in [-0.39, 0.29) is 36.0 Å². The van der Waals surface area contributed by atoms with Crippen LogP contribution in [0.5, 0.6) is 0 Å². The van der Waals surface area contributed by atoms with Crippen molar-refractivity contribution in [3.63, 3.8) is 0 Å². The Morgan fingerprint density at radius 3 is 2.42 bits per heavy atom. The smallest absolute Gasteiger partial charge is 0.313 e. The van der Waals surface area contributed by atoms with Crippen molar-refractivity contribution in [2.24, 2.45) is 17.8 Å². The number of hydrogen-bond acceptors (Lipinski definition) is 7. The highest BCUT2D eigenvalue weighted by molar-refractivity contribution is 9.09.